The van der Waals surface area contributed by atoms with Gasteiger partial charge in [-0.05, 0) is 36.4 Å². The van der Waals surface area contributed by atoms with Crippen molar-refractivity contribution in [2.45, 2.75) is 0 Å². The van der Waals surface area contributed by atoms with Gasteiger partial charge in [0, 0.05) is 22.6 Å². The van der Waals surface area contributed by atoms with E-state index in [1.165, 1.54) is 0 Å². The summed E-state index contributed by atoms with van der Waals surface area (Å²) in [6.07, 6.45) is 1.54. The molecule has 27 heavy (non-hydrogen) atoms. The second kappa shape index (κ2) is 7.58. The zero-order valence-corrected chi connectivity index (χ0v) is 14.5. The molecule has 3 N–H and O–H groups in total. The molecule has 0 bridgehead atoms. The van der Waals surface area contributed by atoms with Crippen LogP contribution >= 0.6 is 0 Å². The van der Waals surface area contributed by atoms with Crippen molar-refractivity contribution < 1.29 is 4.79 Å². The smallest absolute Gasteiger partial charge is 0.259 e. The maximum atomic E-state index is 12.7. The molecule has 0 saturated carbocycles. The molecule has 0 saturated heterocycles. The summed E-state index contributed by atoms with van der Waals surface area (Å²) >= 11 is 0. The number of carbonyl (C=O) groups is 1. The minimum absolute atomic E-state index is 0.202. The number of anilines is 3. The Labute approximate surface area is 157 Å². The van der Waals surface area contributed by atoms with E-state index < -0.39 is 0 Å². The molecule has 0 aliphatic carbocycles. The molecule has 0 aliphatic heterocycles. The molecule has 132 valence electrons. The van der Waals surface area contributed by atoms with Crippen molar-refractivity contribution in [3.63, 3.8) is 0 Å². The summed E-state index contributed by atoms with van der Waals surface area (Å²) in [6.45, 7) is 0. The predicted octanol–water partition coefficient (Wildman–Crippen LogP) is 5.07. The Hall–Kier alpha value is -3.86. The number of hydrogen-bond donors (Lipinski definition) is 3. The van der Waals surface area contributed by atoms with Gasteiger partial charge in [0.2, 0.25) is 0 Å². The Morgan fingerprint density at radius 1 is 0.741 bits per heavy atom. The summed E-state index contributed by atoms with van der Waals surface area (Å²) in [7, 11) is 0. The number of aromatic nitrogens is 2. The van der Waals surface area contributed by atoms with Gasteiger partial charge in [-0.15, -0.1) is 0 Å². The molecule has 5 heteroatoms. The standard InChI is InChI=1S/C22H18N4O/c27-22(20-15-23-26-21(20)16-7-3-1-4-8-16)25-19-13-11-18(12-14-19)24-17-9-5-2-6-10-17/h1-15,24H,(H,23,26)(H,25,27). The Bertz CT molecular complexity index is 1020. The average molecular weight is 354 g/mol. The van der Waals surface area contributed by atoms with E-state index >= 15 is 0 Å². The maximum Gasteiger partial charge on any atom is 0.259 e. The number of benzene rings is 3. The molecule has 0 unspecified atom stereocenters. The number of amides is 1. The molecule has 0 aliphatic rings. The van der Waals surface area contributed by atoms with Crippen molar-refractivity contribution in [1.82, 2.24) is 10.2 Å². The summed E-state index contributed by atoms with van der Waals surface area (Å²) in [5, 5.41) is 13.2. The zero-order chi connectivity index (χ0) is 18.5. The van der Waals surface area contributed by atoms with E-state index in [4.69, 9.17) is 0 Å². The van der Waals surface area contributed by atoms with Gasteiger partial charge in [0.05, 0.1) is 17.5 Å². The van der Waals surface area contributed by atoms with Gasteiger partial charge in [0.15, 0.2) is 0 Å². The van der Waals surface area contributed by atoms with E-state index in [0.29, 0.717) is 11.3 Å². The molecule has 1 aromatic heterocycles. The van der Waals surface area contributed by atoms with Crippen LogP contribution in [0.1, 0.15) is 10.4 Å². The fraction of sp³-hybridized carbons (Fsp3) is 0. The monoisotopic (exact) mass is 354 g/mol. The van der Waals surface area contributed by atoms with Crippen molar-refractivity contribution in [3.05, 3.63) is 96.7 Å². The van der Waals surface area contributed by atoms with Crippen LogP contribution in [0.25, 0.3) is 11.3 Å². The van der Waals surface area contributed by atoms with E-state index in [0.717, 1.165) is 22.6 Å². The van der Waals surface area contributed by atoms with Gasteiger partial charge in [0.25, 0.3) is 5.91 Å². The van der Waals surface area contributed by atoms with Crippen LogP contribution in [-0.2, 0) is 0 Å². The average Bonchev–Trinajstić information content (AvgIpc) is 3.21. The van der Waals surface area contributed by atoms with E-state index in [1.54, 1.807) is 6.20 Å². The van der Waals surface area contributed by atoms with Gasteiger partial charge in [-0.1, -0.05) is 48.5 Å². The van der Waals surface area contributed by atoms with Crippen molar-refractivity contribution in [3.8, 4) is 11.3 Å². The number of hydrogen-bond acceptors (Lipinski definition) is 3. The lowest BCUT2D eigenvalue weighted by atomic mass is 10.1. The number of rotatable bonds is 5. The first-order valence-electron chi connectivity index (χ1n) is 8.62. The molecule has 0 radical (unpaired) electrons. The first kappa shape index (κ1) is 16.6. The molecular weight excluding hydrogens is 336 g/mol. The normalized spacial score (nSPS) is 10.4. The van der Waals surface area contributed by atoms with Gasteiger partial charge in [-0.2, -0.15) is 5.10 Å². The number of H-pyrrole nitrogens is 1. The third-order valence-electron chi connectivity index (χ3n) is 4.15. The Morgan fingerprint density at radius 2 is 1.33 bits per heavy atom. The van der Waals surface area contributed by atoms with Crippen LogP contribution in [0.4, 0.5) is 17.1 Å². The highest BCUT2D eigenvalue weighted by Crippen LogP contribution is 2.23. The predicted molar refractivity (Wildman–Crippen MR) is 108 cm³/mol. The van der Waals surface area contributed by atoms with Crippen molar-refractivity contribution in [2.75, 3.05) is 10.6 Å². The summed E-state index contributed by atoms with van der Waals surface area (Å²) in [5.74, 6) is -0.202. The largest absolute Gasteiger partial charge is 0.356 e. The van der Waals surface area contributed by atoms with Gasteiger partial charge in [0.1, 0.15) is 0 Å². The fourth-order valence-corrected chi connectivity index (χ4v) is 2.81. The summed E-state index contributed by atoms with van der Waals surface area (Å²) in [5.41, 5.74) is 4.82. The lowest BCUT2D eigenvalue weighted by Crippen LogP contribution is -2.12. The molecule has 5 nitrogen and oxygen atoms in total. The molecular formula is C22H18N4O. The zero-order valence-electron chi connectivity index (χ0n) is 14.5. The molecule has 1 amide bonds. The van der Waals surface area contributed by atoms with Crippen molar-refractivity contribution >= 4 is 23.0 Å². The number of para-hydroxylation sites is 1. The number of carbonyl (C=O) groups excluding carboxylic acids is 1. The lowest BCUT2D eigenvalue weighted by molar-refractivity contribution is 0.102. The fourth-order valence-electron chi connectivity index (χ4n) is 2.81. The number of aromatic amines is 1. The molecule has 3 aromatic carbocycles. The third-order valence-corrected chi connectivity index (χ3v) is 4.15. The van der Waals surface area contributed by atoms with Crippen LogP contribution in [0.2, 0.25) is 0 Å². The highest BCUT2D eigenvalue weighted by molar-refractivity contribution is 6.08. The highest BCUT2D eigenvalue weighted by Gasteiger charge is 2.15. The van der Waals surface area contributed by atoms with Crippen LogP contribution in [0.5, 0.6) is 0 Å². The van der Waals surface area contributed by atoms with E-state index in [2.05, 4.69) is 20.8 Å². The lowest BCUT2D eigenvalue weighted by Gasteiger charge is -2.09. The second-order valence-corrected chi connectivity index (χ2v) is 6.05. The Balaban J connectivity index is 1.47. The van der Waals surface area contributed by atoms with Crippen molar-refractivity contribution in [2.24, 2.45) is 0 Å². The van der Waals surface area contributed by atoms with Crippen molar-refractivity contribution in [1.29, 1.82) is 0 Å². The highest BCUT2D eigenvalue weighted by atomic mass is 16.1. The number of nitrogens with zero attached hydrogens (tertiary/aromatic N) is 1. The van der Waals surface area contributed by atoms with E-state index in [-0.39, 0.29) is 5.91 Å². The minimum Gasteiger partial charge on any atom is -0.356 e. The number of nitrogens with one attached hydrogen (secondary N) is 3. The SMILES string of the molecule is O=C(Nc1ccc(Nc2ccccc2)cc1)c1cn[nH]c1-c1ccccc1. The van der Waals surface area contributed by atoms with E-state index in [9.17, 15) is 4.79 Å². The van der Waals surface area contributed by atoms with Gasteiger partial charge in [-0.25, -0.2) is 0 Å². The van der Waals surface area contributed by atoms with Crippen LogP contribution < -0.4 is 10.6 Å². The summed E-state index contributed by atoms with van der Waals surface area (Å²) in [6, 6.07) is 27.2. The van der Waals surface area contributed by atoms with Crippen LogP contribution in [0.3, 0.4) is 0 Å². The molecule has 0 fully saturated rings. The Kier molecular flexibility index (Phi) is 4.66. The van der Waals surface area contributed by atoms with Crippen LogP contribution in [0, 0.1) is 0 Å². The molecule has 0 atom stereocenters. The van der Waals surface area contributed by atoms with E-state index in [1.807, 2.05) is 84.9 Å². The quantitative estimate of drug-likeness (QED) is 0.468. The molecule has 0 spiro atoms. The topological polar surface area (TPSA) is 69.8 Å². The first-order chi connectivity index (χ1) is 13.3. The maximum absolute atomic E-state index is 12.7. The Morgan fingerprint density at radius 3 is 2.04 bits per heavy atom. The van der Waals surface area contributed by atoms with Gasteiger partial charge < -0.3 is 10.6 Å². The minimum atomic E-state index is -0.202. The van der Waals surface area contributed by atoms with Crippen LogP contribution in [-0.4, -0.2) is 16.1 Å². The third kappa shape index (κ3) is 3.88. The first-order valence-corrected chi connectivity index (χ1v) is 8.62. The van der Waals surface area contributed by atoms with Gasteiger partial charge >= 0.3 is 0 Å². The molecule has 4 rings (SSSR count). The summed E-state index contributed by atoms with van der Waals surface area (Å²) in [4.78, 5) is 12.7. The van der Waals surface area contributed by atoms with Gasteiger partial charge in [-0.3, -0.25) is 9.89 Å². The second-order valence-electron chi connectivity index (χ2n) is 6.05. The molecule has 4 aromatic rings. The van der Waals surface area contributed by atoms with Crippen LogP contribution in [0.15, 0.2) is 91.1 Å². The molecule has 1 heterocycles. The summed E-state index contributed by atoms with van der Waals surface area (Å²) < 4.78 is 0.